The fraction of sp³-hybridized carbons (Fsp3) is 0.267. The minimum Gasteiger partial charge on any atom is -0.347 e. The molecule has 21 heavy (non-hydrogen) atoms. The van der Waals surface area contributed by atoms with E-state index in [4.69, 9.17) is 11.6 Å². The normalized spacial score (nSPS) is 10.7. The van der Waals surface area contributed by atoms with Crippen LogP contribution < -0.4 is 10.9 Å². The van der Waals surface area contributed by atoms with Crippen LogP contribution in [0, 0.1) is 0 Å². The largest absolute Gasteiger partial charge is 0.347 e. The van der Waals surface area contributed by atoms with Crippen LogP contribution in [-0.2, 0) is 6.54 Å². The predicted molar refractivity (Wildman–Crippen MR) is 81.5 cm³/mol. The molecule has 6 heteroatoms. The first-order chi connectivity index (χ1) is 9.99. The quantitative estimate of drug-likeness (QED) is 0.943. The number of amides is 1. The first kappa shape index (κ1) is 15.3. The molecule has 0 aliphatic carbocycles. The van der Waals surface area contributed by atoms with Crippen molar-refractivity contribution in [2.24, 2.45) is 0 Å². The highest BCUT2D eigenvalue weighted by atomic mass is 35.5. The van der Waals surface area contributed by atoms with Crippen molar-refractivity contribution in [1.82, 2.24) is 15.1 Å². The highest BCUT2D eigenvalue weighted by Gasteiger charge is 2.11. The van der Waals surface area contributed by atoms with Gasteiger partial charge in [-0.1, -0.05) is 29.8 Å². The number of hydrogen-bond donors (Lipinski definition) is 1. The number of aromatic nitrogens is 2. The van der Waals surface area contributed by atoms with Crippen LogP contribution in [-0.4, -0.2) is 15.7 Å². The van der Waals surface area contributed by atoms with E-state index in [1.807, 2.05) is 32.0 Å². The van der Waals surface area contributed by atoms with Gasteiger partial charge < -0.3 is 5.32 Å². The maximum Gasteiger partial charge on any atom is 0.271 e. The average Bonchev–Trinajstić information content (AvgIpc) is 2.46. The fourth-order valence-electron chi connectivity index (χ4n) is 1.82. The van der Waals surface area contributed by atoms with Crippen LogP contribution in [0.3, 0.4) is 0 Å². The number of nitrogens with one attached hydrogen (secondary N) is 1. The molecule has 0 radical (unpaired) electrons. The summed E-state index contributed by atoms with van der Waals surface area (Å²) >= 11 is 6.03. The van der Waals surface area contributed by atoms with E-state index in [0.717, 1.165) is 5.56 Å². The Hall–Kier alpha value is -2.14. The van der Waals surface area contributed by atoms with Gasteiger partial charge in [0.05, 0.1) is 6.04 Å². The number of nitrogens with zero attached hydrogens (tertiary/aromatic N) is 2. The molecule has 110 valence electrons. The van der Waals surface area contributed by atoms with Crippen molar-refractivity contribution >= 4 is 17.5 Å². The average molecular weight is 306 g/mol. The third kappa shape index (κ3) is 3.70. The van der Waals surface area contributed by atoms with Gasteiger partial charge in [0.25, 0.3) is 11.5 Å². The number of halogens is 1. The Balaban J connectivity index is 2.12. The fourth-order valence-corrected chi connectivity index (χ4v) is 2.03. The Morgan fingerprint density at radius 2 is 2.00 bits per heavy atom. The van der Waals surface area contributed by atoms with Crippen molar-refractivity contribution in [2.75, 3.05) is 0 Å². The SMILES string of the molecule is CC(C)n1nc(C(=O)NCc2ccccc2Cl)ccc1=O. The second-order valence-electron chi connectivity index (χ2n) is 4.87. The van der Waals surface area contributed by atoms with Crippen molar-refractivity contribution in [1.29, 1.82) is 0 Å². The Labute approximate surface area is 127 Å². The van der Waals surface area contributed by atoms with Gasteiger partial charge in [0.2, 0.25) is 0 Å². The Morgan fingerprint density at radius 1 is 1.29 bits per heavy atom. The summed E-state index contributed by atoms with van der Waals surface area (Å²) in [6, 6.07) is 9.94. The Morgan fingerprint density at radius 3 is 2.67 bits per heavy atom. The van der Waals surface area contributed by atoms with E-state index in [0.29, 0.717) is 11.6 Å². The summed E-state index contributed by atoms with van der Waals surface area (Å²) in [5, 5.41) is 7.40. The molecule has 2 aromatic rings. The number of hydrogen-bond acceptors (Lipinski definition) is 3. The lowest BCUT2D eigenvalue weighted by Crippen LogP contribution is -2.30. The van der Waals surface area contributed by atoms with Gasteiger partial charge in [-0.15, -0.1) is 0 Å². The predicted octanol–water partition coefficient (Wildman–Crippen LogP) is 2.41. The molecule has 1 aromatic heterocycles. The van der Waals surface area contributed by atoms with Gasteiger partial charge in [-0.05, 0) is 31.5 Å². The van der Waals surface area contributed by atoms with Crippen LogP contribution in [0.25, 0.3) is 0 Å². The second-order valence-corrected chi connectivity index (χ2v) is 5.28. The third-order valence-corrected chi connectivity index (χ3v) is 3.31. The summed E-state index contributed by atoms with van der Waals surface area (Å²) in [5.74, 6) is -0.343. The first-order valence-corrected chi connectivity index (χ1v) is 6.98. The monoisotopic (exact) mass is 305 g/mol. The lowest BCUT2D eigenvalue weighted by atomic mass is 10.2. The van der Waals surface area contributed by atoms with Gasteiger partial charge in [0.1, 0.15) is 5.69 Å². The molecule has 0 atom stereocenters. The molecule has 5 nitrogen and oxygen atoms in total. The topological polar surface area (TPSA) is 64.0 Å². The van der Waals surface area contributed by atoms with E-state index >= 15 is 0 Å². The molecule has 0 aliphatic heterocycles. The van der Waals surface area contributed by atoms with Crippen molar-refractivity contribution in [3.05, 3.63) is 63.0 Å². The zero-order valence-corrected chi connectivity index (χ0v) is 12.6. The molecular weight excluding hydrogens is 290 g/mol. The van der Waals surface area contributed by atoms with Crippen molar-refractivity contribution in [3.8, 4) is 0 Å². The van der Waals surface area contributed by atoms with Crippen molar-refractivity contribution < 1.29 is 4.79 Å². The Kier molecular flexibility index (Phi) is 4.75. The molecule has 1 N–H and O–H groups in total. The molecule has 0 bridgehead atoms. The molecular formula is C15H16ClN3O2. The van der Waals surface area contributed by atoms with Crippen LogP contribution in [0.5, 0.6) is 0 Å². The second kappa shape index (κ2) is 6.54. The zero-order chi connectivity index (χ0) is 15.4. The van der Waals surface area contributed by atoms with Crippen LogP contribution in [0.2, 0.25) is 5.02 Å². The molecule has 1 aromatic carbocycles. The number of rotatable bonds is 4. The summed E-state index contributed by atoms with van der Waals surface area (Å²) in [6.07, 6.45) is 0. The van der Waals surface area contributed by atoms with Gasteiger partial charge in [-0.2, -0.15) is 5.10 Å². The molecule has 0 saturated heterocycles. The van der Waals surface area contributed by atoms with Gasteiger partial charge >= 0.3 is 0 Å². The standard InChI is InChI=1S/C15H16ClN3O2/c1-10(2)19-14(20)8-7-13(18-19)15(21)17-9-11-5-3-4-6-12(11)16/h3-8,10H,9H2,1-2H3,(H,17,21). The van der Waals surface area contributed by atoms with Gasteiger partial charge in [-0.3, -0.25) is 9.59 Å². The lowest BCUT2D eigenvalue weighted by Gasteiger charge is -2.10. The molecule has 0 saturated carbocycles. The number of carbonyl (C=O) groups excluding carboxylic acids is 1. The number of carbonyl (C=O) groups is 1. The summed E-state index contributed by atoms with van der Waals surface area (Å²) in [7, 11) is 0. The van der Waals surface area contributed by atoms with E-state index in [-0.39, 0.29) is 23.2 Å². The molecule has 0 unspecified atom stereocenters. The van der Waals surface area contributed by atoms with Crippen LogP contribution in [0.15, 0.2) is 41.2 Å². The molecule has 1 amide bonds. The van der Waals surface area contributed by atoms with E-state index in [1.165, 1.54) is 16.8 Å². The van der Waals surface area contributed by atoms with Gasteiger partial charge in [0, 0.05) is 17.6 Å². The van der Waals surface area contributed by atoms with E-state index < -0.39 is 0 Å². The number of benzene rings is 1. The van der Waals surface area contributed by atoms with E-state index in [2.05, 4.69) is 10.4 Å². The highest BCUT2D eigenvalue weighted by Crippen LogP contribution is 2.14. The minimum absolute atomic E-state index is 0.103. The van der Waals surface area contributed by atoms with E-state index in [1.54, 1.807) is 6.07 Å². The summed E-state index contributed by atoms with van der Waals surface area (Å²) < 4.78 is 1.28. The van der Waals surface area contributed by atoms with Gasteiger partial charge in [0.15, 0.2) is 0 Å². The van der Waals surface area contributed by atoms with Crippen LogP contribution in [0.1, 0.15) is 35.9 Å². The summed E-state index contributed by atoms with van der Waals surface area (Å²) in [5.41, 5.74) is 0.799. The van der Waals surface area contributed by atoms with Crippen molar-refractivity contribution in [3.63, 3.8) is 0 Å². The maximum absolute atomic E-state index is 12.1. The lowest BCUT2D eigenvalue weighted by molar-refractivity contribution is 0.0943. The molecule has 0 aliphatic rings. The van der Waals surface area contributed by atoms with Crippen LogP contribution >= 0.6 is 11.6 Å². The van der Waals surface area contributed by atoms with Gasteiger partial charge in [-0.25, -0.2) is 4.68 Å². The summed E-state index contributed by atoms with van der Waals surface area (Å²) in [6.45, 7) is 3.97. The zero-order valence-electron chi connectivity index (χ0n) is 11.8. The first-order valence-electron chi connectivity index (χ1n) is 6.60. The Bertz CT molecular complexity index is 710. The molecule has 2 rings (SSSR count). The minimum atomic E-state index is -0.343. The molecule has 1 heterocycles. The molecule has 0 spiro atoms. The summed E-state index contributed by atoms with van der Waals surface area (Å²) in [4.78, 5) is 23.7. The van der Waals surface area contributed by atoms with Crippen molar-refractivity contribution in [2.45, 2.75) is 26.4 Å². The maximum atomic E-state index is 12.1. The third-order valence-electron chi connectivity index (χ3n) is 2.94. The van der Waals surface area contributed by atoms with Crippen LogP contribution in [0.4, 0.5) is 0 Å². The smallest absolute Gasteiger partial charge is 0.271 e. The molecule has 0 fully saturated rings. The van der Waals surface area contributed by atoms with E-state index in [9.17, 15) is 9.59 Å². The highest BCUT2D eigenvalue weighted by molar-refractivity contribution is 6.31.